The van der Waals surface area contributed by atoms with Crippen molar-refractivity contribution in [1.82, 2.24) is 24.1 Å². The summed E-state index contributed by atoms with van der Waals surface area (Å²) in [6.45, 7) is 5.15. The lowest BCUT2D eigenvalue weighted by Gasteiger charge is -2.18. The number of nitrogens with zero attached hydrogens (tertiary/aromatic N) is 5. The van der Waals surface area contributed by atoms with Crippen molar-refractivity contribution >= 4 is 29.6 Å². The minimum Gasteiger partial charge on any atom is -0.496 e. The van der Waals surface area contributed by atoms with Gasteiger partial charge in [-0.3, -0.25) is 9.30 Å². The first-order valence-electron chi connectivity index (χ1n) is 7.84. The van der Waals surface area contributed by atoms with Crippen molar-refractivity contribution in [3.63, 3.8) is 0 Å². The highest BCUT2D eigenvalue weighted by Crippen LogP contribution is 2.23. The molecule has 0 fully saturated rings. The second-order valence-electron chi connectivity index (χ2n) is 6.07. The third kappa shape index (κ3) is 3.68. The molecule has 0 aliphatic rings. The Kier molecular flexibility index (Phi) is 5.08. The monoisotopic (exact) mass is 377 g/mol. The zero-order valence-electron chi connectivity index (χ0n) is 14.7. The molecule has 0 unspecified atom stereocenters. The Bertz CT molecular complexity index is 981. The standard InChI is InChI=1S/C17H20ClN5OS/c1-11-7-12(2)23-16(19-11)20-22(17(23)25)10-21(3)9-13-8-14(18)5-6-15(13)24-4/h5-8H,9-10H2,1-4H3. The molecule has 0 aliphatic carbocycles. The van der Waals surface area contributed by atoms with Crippen LogP contribution in [0.1, 0.15) is 17.0 Å². The van der Waals surface area contributed by atoms with Crippen LogP contribution < -0.4 is 4.74 Å². The summed E-state index contributed by atoms with van der Waals surface area (Å²) in [6, 6.07) is 7.60. The first kappa shape index (κ1) is 17.8. The van der Waals surface area contributed by atoms with Gasteiger partial charge >= 0.3 is 0 Å². The lowest BCUT2D eigenvalue weighted by molar-refractivity contribution is 0.241. The van der Waals surface area contributed by atoms with Crippen LogP contribution in [0.5, 0.6) is 5.75 Å². The Morgan fingerprint density at radius 2 is 2.04 bits per heavy atom. The maximum absolute atomic E-state index is 6.11. The van der Waals surface area contributed by atoms with E-state index in [1.165, 1.54) is 0 Å². The molecule has 0 saturated heterocycles. The normalized spacial score (nSPS) is 11.4. The van der Waals surface area contributed by atoms with Gasteiger partial charge in [0.25, 0.3) is 5.78 Å². The van der Waals surface area contributed by atoms with E-state index in [1.54, 1.807) is 11.8 Å². The maximum atomic E-state index is 6.11. The molecule has 2 heterocycles. The van der Waals surface area contributed by atoms with Gasteiger partial charge in [-0.2, -0.15) is 0 Å². The topological polar surface area (TPSA) is 47.6 Å². The molecule has 6 nitrogen and oxygen atoms in total. The van der Waals surface area contributed by atoms with E-state index in [1.807, 2.05) is 49.6 Å². The van der Waals surface area contributed by atoms with Crippen LogP contribution in [0.3, 0.4) is 0 Å². The smallest absolute Gasteiger partial charge is 0.254 e. The summed E-state index contributed by atoms with van der Waals surface area (Å²) in [5, 5.41) is 5.23. The molecule has 2 aromatic heterocycles. The van der Waals surface area contributed by atoms with Gasteiger partial charge in [0.15, 0.2) is 0 Å². The third-order valence-corrected chi connectivity index (χ3v) is 4.56. The number of hydrogen-bond acceptors (Lipinski definition) is 5. The van der Waals surface area contributed by atoms with Crippen LogP contribution in [-0.2, 0) is 13.2 Å². The van der Waals surface area contributed by atoms with Crippen molar-refractivity contribution in [2.24, 2.45) is 0 Å². The van der Waals surface area contributed by atoms with Crippen molar-refractivity contribution in [2.75, 3.05) is 14.2 Å². The van der Waals surface area contributed by atoms with Crippen LogP contribution in [0.25, 0.3) is 5.78 Å². The molecule has 3 aromatic rings. The minimum absolute atomic E-state index is 0.538. The number of aryl methyl sites for hydroxylation is 2. The van der Waals surface area contributed by atoms with Gasteiger partial charge in [0, 0.05) is 28.5 Å². The van der Waals surface area contributed by atoms with Crippen LogP contribution in [0.4, 0.5) is 0 Å². The van der Waals surface area contributed by atoms with Crippen molar-refractivity contribution < 1.29 is 4.74 Å². The van der Waals surface area contributed by atoms with Crippen LogP contribution in [0.15, 0.2) is 24.3 Å². The van der Waals surface area contributed by atoms with Gasteiger partial charge in [0.05, 0.1) is 13.8 Å². The Morgan fingerprint density at radius 3 is 2.76 bits per heavy atom. The van der Waals surface area contributed by atoms with E-state index in [-0.39, 0.29) is 0 Å². The average molecular weight is 378 g/mol. The molecule has 0 saturated carbocycles. The Balaban J connectivity index is 1.87. The lowest BCUT2D eigenvalue weighted by Crippen LogP contribution is -2.22. The number of fused-ring (bicyclic) bond motifs is 1. The van der Waals surface area contributed by atoms with Crippen LogP contribution in [0, 0.1) is 18.6 Å². The van der Waals surface area contributed by atoms with Crippen LogP contribution in [-0.4, -0.2) is 38.2 Å². The molecule has 132 valence electrons. The molecule has 0 amide bonds. The fourth-order valence-electron chi connectivity index (χ4n) is 2.87. The largest absolute Gasteiger partial charge is 0.496 e. The second-order valence-corrected chi connectivity index (χ2v) is 6.87. The van der Waals surface area contributed by atoms with Gasteiger partial charge in [-0.25, -0.2) is 9.67 Å². The van der Waals surface area contributed by atoms with E-state index in [2.05, 4.69) is 15.0 Å². The molecule has 0 radical (unpaired) electrons. The Labute approximate surface area is 156 Å². The van der Waals surface area contributed by atoms with Gasteiger partial charge in [0.1, 0.15) is 5.75 Å². The van der Waals surface area contributed by atoms with Crippen molar-refractivity contribution in [3.8, 4) is 5.75 Å². The first-order chi connectivity index (χ1) is 11.9. The van der Waals surface area contributed by atoms with Crippen LogP contribution >= 0.6 is 23.8 Å². The third-order valence-electron chi connectivity index (χ3n) is 3.93. The zero-order chi connectivity index (χ0) is 18.1. The molecule has 1 aromatic carbocycles. The van der Waals surface area contributed by atoms with E-state index >= 15 is 0 Å². The fraction of sp³-hybridized carbons (Fsp3) is 0.353. The van der Waals surface area contributed by atoms with Gasteiger partial charge in [-0.1, -0.05) is 11.6 Å². The molecule has 0 N–H and O–H groups in total. The lowest BCUT2D eigenvalue weighted by atomic mass is 10.2. The van der Waals surface area contributed by atoms with Crippen molar-refractivity contribution in [2.45, 2.75) is 27.1 Å². The summed E-state index contributed by atoms with van der Waals surface area (Å²) in [6.07, 6.45) is 0. The van der Waals surface area contributed by atoms with E-state index in [4.69, 9.17) is 28.6 Å². The average Bonchev–Trinajstić information content (AvgIpc) is 2.83. The van der Waals surface area contributed by atoms with E-state index in [0.29, 0.717) is 28.8 Å². The van der Waals surface area contributed by atoms with Gasteiger partial charge in [-0.05, 0) is 57.4 Å². The summed E-state index contributed by atoms with van der Waals surface area (Å²) < 4.78 is 9.70. The summed E-state index contributed by atoms with van der Waals surface area (Å²) in [5.74, 6) is 1.43. The Hall–Kier alpha value is -1.96. The molecule has 3 rings (SSSR count). The molecule has 0 atom stereocenters. The quantitative estimate of drug-likeness (QED) is 0.635. The molecular formula is C17H20ClN5OS. The summed E-state index contributed by atoms with van der Waals surface area (Å²) in [5.41, 5.74) is 2.96. The Morgan fingerprint density at radius 1 is 1.28 bits per heavy atom. The predicted octanol–water partition coefficient (Wildman–Crippen LogP) is 3.63. The maximum Gasteiger partial charge on any atom is 0.254 e. The van der Waals surface area contributed by atoms with E-state index < -0.39 is 0 Å². The molecule has 8 heteroatoms. The van der Waals surface area contributed by atoms with E-state index in [9.17, 15) is 0 Å². The number of benzene rings is 1. The predicted molar refractivity (Wildman–Crippen MR) is 101 cm³/mol. The highest BCUT2D eigenvalue weighted by molar-refractivity contribution is 7.71. The number of rotatable bonds is 5. The number of ether oxygens (including phenoxy) is 1. The van der Waals surface area contributed by atoms with Gasteiger partial charge in [0.2, 0.25) is 4.77 Å². The molecule has 0 bridgehead atoms. The van der Waals surface area contributed by atoms with Gasteiger partial charge < -0.3 is 4.74 Å². The minimum atomic E-state index is 0.538. The van der Waals surface area contributed by atoms with Crippen molar-refractivity contribution in [3.05, 3.63) is 51.0 Å². The summed E-state index contributed by atoms with van der Waals surface area (Å²) in [7, 11) is 3.65. The van der Waals surface area contributed by atoms with E-state index in [0.717, 1.165) is 22.7 Å². The zero-order valence-corrected chi connectivity index (χ0v) is 16.2. The molecule has 0 spiro atoms. The number of halogens is 1. The number of aromatic nitrogens is 4. The summed E-state index contributed by atoms with van der Waals surface area (Å²) in [4.78, 5) is 6.55. The number of methoxy groups -OCH3 is 1. The van der Waals surface area contributed by atoms with Gasteiger partial charge in [-0.15, -0.1) is 5.10 Å². The molecule has 0 aliphatic heterocycles. The highest BCUT2D eigenvalue weighted by Gasteiger charge is 2.12. The fourth-order valence-corrected chi connectivity index (χ4v) is 3.39. The first-order valence-corrected chi connectivity index (χ1v) is 8.62. The van der Waals surface area contributed by atoms with Crippen LogP contribution in [0.2, 0.25) is 5.02 Å². The number of hydrogen-bond donors (Lipinski definition) is 0. The summed E-state index contributed by atoms with van der Waals surface area (Å²) >= 11 is 11.7. The SMILES string of the molecule is COc1ccc(Cl)cc1CN(C)Cn1nc2nc(C)cc(C)n2c1=S. The highest BCUT2D eigenvalue weighted by atomic mass is 35.5. The second kappa shape index (κ2) is 7.11. The molecular weight excluding hydrogens is 358 g/mol. The van der Waals surface area contributed by atoms with Crippen molar-refractivity contribution in [1.29, 1.82) is 0 Å². The molecule has 25 heavy (non-hydrogen) atoms.